The van der Waals surface area contributed by atoms with Gasteiger partial charge in [-0.25, -0.2) is 4.79 Å². The molecule has 1 amide bonds. The lowest BCUT2D eigenvalue weighted by Gasteiger charge is -2.16. The summed E-state index contributed by atoms with van der Waals surface area (Å²) in [5.74, 6) is 0.802. The van der Waals surface area contributed by atoms with E-state index in [9.17, 15) is 4.79 Å². The Morgan fingerprint density at radius 3 is 2.40 bits per heavy atom. The first-order valence-corrected chi connectivity index (χ1v) is 7.34. The van der Waals surface area contributed by atoms with Crippen LogP contribution in [0.15, 0.2) is 24.3 Å². The monoisotopic (exact) mass is 277 g/mol. The number of benzene rings is 1. The molecule has 0 heterocycles. The second-order valence-corrected chi connectivity index (χ2v) is 5.26. The van der Waals surface area contributed by atoms with Crippen molar-refractivity contribution < 1.29 is 14.3 Å². The highest BCUT2D eigenvalue weighted by Gasteiger charge is 2.15. The molecule has 110 valence electrons. The molecule has 1 fully saturated rings. The fourth-order valence-corrected chi connectivity index (χ4v) is 2.50. The summed E-state index contributed by atoms with van der Waals surface area (Å²) in [6.07, 6.45) is 6.77. The van der Waals surface area contributed by atoms with E-state index in [4.69, 9.17) is 9.47 Å². The molecule has 4 heteroatoms. The molecule has 2 rings (SSSR count). The summed E-state index contributed by atoms with van der Waals surface area (Å²) < 4.78 is 10.3. The van der Waals surface area contributed by atoms with Crippen molar-refractivity contribution in [2.24, 2.45) is 0 Å². The number of hydrogen-bond donors (Lipinski definition) is 1. The van der Waals surface area contributed by atoms with Gasteiger partial charge < -0.3 is 14.8 Å². The maximum Gasteiger partial charge on any atom is 0.407 e. The number of amides is 1. The average molecular weight is 277 g/mol. The molecule has 0 bridgehead atoms. The largest absolute Gasteiger partial charge is 0.497 e. The molecule has 0 spiro atoms. The lowest BCUT2D eigenvalue weighted by Crippen LogP contribution is -2.34. The molecule has 1 aromatic carbocycles. The zero-order chi connectivity index (χ0) is 14.2. The van der Waals surface area contributed by atoms with Gasteiger partial charge in [-0.1, -0.05) is 37.8 Å². The summed E-state index contributed by atoms with van der Waals surface area (Å²) in [5, 5.41) is 2.97. The maximum atomic E-state index is 11.8. The number of rotatable bonds is 4. The molecule has 1 aliphatic carbocycles. The van der Waals surface area contributed by atoms with Crippen molar-refractivity contribution >= 4 is 6.09 Å². The van der Waals surface area contributed by atoms with Gasteiger partial charge in [0.15, 0.2) is 0 Å². The van der Waals surface area contributed by atoms with Crippen LogP contribution in [0.2, 0.25) is 0 Å². The third-order valence-corrected chi connectivity index (χ3v) is 3.71. The average Bonchev–Trinajstić information content (AvgIpc) is 2.74. The number of carbonyl (C=O) groups is 1. The first kappa shape index (κ1) is 14.7. The lowest BCUT2D eigenvalue weighted by atomic mass is 10.1. The van der Waals surface area contributed by atoms with Crippen LogP contribution in [0, 0.1) is 0 Å². The minimum absolute atomic E-state index is 0.279. The molecule has 0 saturated heterocycles. The van der Waals surface area contributed by atoms with Crippen molar-refractivity contribution in [3.8, 4) is 5.75 Å². The Bertz CT molecular complexity index is 408. The molecule has 1 N–H and O–H groups in total. The van der Waals surface area contributed by atoms with E-state index >= 15 is 0 Å². The zero-order valence-corrected chi connectivity index (χ0v) is 12.1. The molecule has 1 saturated carbocycles. The van der Waals surface area contributed by atoms with Gasteiger partial charge in [-0.15, -0.1) is 0 Å². The Hall–Kier alpha value is -1.71. The summed E-state index contributed by atoms with van der Waals surface area (Å²) in [6.45, 7) is 0.294. The van der Waals surface area contributed by atoms with Crippen molar-refractivity contribution in [1.82, 2.24) is 5.32 Å². The number of ether oxygens (including phenoxy) is 2. The molecule has 4 nitrogen and oxygen atoms in total. The Morgan fingerprint density at radius 1 is 1.15 bits per heavy atom. The Morgan fingerprint density at radius 2 is 1.80 bits per heavy atom. The Labute approximate surface area is 120 Å². The van der Waals surface area contributed by atoms with Crippen LogP contribution in [0.1, 0.15) is 44.1 Å². The molecular weight excluding hydrogens is 254 g/mol. The predicted octanol–water partition coefficient (Wildman–Crippen LogP) is 3.64. The van der Waals surface area contributed by atoms with E-state index in [1.165, 1.54) is 25.7 Å². The van der Waals surface area contributed by atoms with E-state index in [1.54, 1.807) is 7.11 Å². The third kappa shape index (κ3) is 4.76. The van der Waals surface area contributed by atoms with E-state index in [0.29, 0.717) is 6.61 Å². The second-order valence-electron chi connectivity index (χ2n) is 5.26. The molecule has 20 heavy (non-hydrogen) atoms. The van der Waals surface area contributed by atoms with Crippen LogP contribution in [0.5, 0.6) is 5.75 Å². The SMILES string of the molecule is COc1ccc(COC(=O)NC2CCCCCC2)cc1. The lowest BCUT2D eigenvalue weighted by molar-refractivity contribution is 0.134. The van der Waals surface area contributed by atoms with Gasteiger partial charge in [0, 0.05) is 6.04 Å². The predicted molar refractivity (Wildman–Crippen MR) is 77.8 cm³/mol. The van der Waals surface area contributed by atoms with Gasteiger partial charge in [-0.2, -0.15) is 0 Å². The van der Waals surface area contributed by atoms with Gasteiger partial charge in [0.1, 0.15) is 12.4 Å². The summed E-state index contributed by atoms with van der Waals surface area (Å²) in [6, 6.07) is 7.81. The van der Waals surface area contributed by atoms with Crippen LogP contribution in [-0.2, 0) is 11.3 Å². The normalized spacial score (nSPS) is 16.2. The van der Waals surface area contributed by atoms with Crippen LogP contribution in [0.25, 0.3) is 0 Å². The van der Waals surface area contributed by atoms with Crippen molar-refractivity contribution in [1.29, 1.82) is 0 Å². The fourth-order valence-electron chi connectivity index (χ4n) is 2.50. The van der Waals surface area contributed by atoms with Gasteiger partial charge in [0.2, 0.25) is 0 Å². The van der Waals surface area contributed by atoms with Crippen molar-refractivity contribution in [3.63, 3.8) is 0 Å². The van der Waals surface area contributed by atoms with Crippen LogP contribution in [0.4, 0.5) is 4.79 Å². The molecule has 0 aromatic heterocycles. The molecule has 0 aliphatic heterocycles. The maximum absolute atomic E-state index is 11.8. The minimum Gasteiger partial charge on any atom is -0.497 e. The highest BCUT2D eigenvalue weighted by Crippen LogP contribution is 2.17. The number of alkyl carbamates (subject to hydrolysis) is 1. The molecule has 1 aliphatic rings. The molecule has 0 radical (unpaired) electrons. The summed E-state index contributed by atoms with van der Waals surface area (Å²) >= 11 is 0. The molecular formula is C16H23NO3. The Balaban J connectivity index is 1.73. The third-order valence-electron chi connectivity index (χ3n) is 3.71. The highest BCUT2D eigenvalue weighted by molar-refractivity contribution is 5.67. The van der Waals surface area contributed by atoms with Crippen LogP contribution >= 0.6 is 0 Å². The first-order chi connectivity index (χ1) is 9.78. The van der Waals surface area contributed by atoms with Gasteiger partial charge in [-0.3, -0.25) is 0 Å². The quantitative estimate of drug-likeness (QED) is 0.855. The van der Waals surface area contributed by atoms with E-state index < -0.39 is 0 Å². The zero-order valence-electron chi connectivity index (χ0n) is 12.1. The van der Waals surface area contributed by atoms with Crippen molar-refractivity contribution in [2.45, 2.75) is 51.2 Å². The van der Waals surface area contributed by atoms with Crippen molar-refractivity contribution in [2.75, 3.05) is 7.11 Å². The molecule has 0 atom stereocenters. The highest BCUT2D eigenvalue weighted by atomic mass is 16.5. The summed E-state index contributed by atoms with van der Waals surface area (Å²) in [5.41, 5.74) is 0.960. The van der Waals surface area contributed by atoms with Crippen LogP contribution in [-0.4, -0.2) is 19.2 Å². The standard InChI is InChI=1S/C16H23NO3/c1-19-15-10-8-13(9-11-15)12-20-16(18)17-14-6-4-2-3-5-7-14/h8-11,14H,2-7,12H2,1H3,(H,17,18). The fraction of sp³-hybridized carbons (Fsp3) is 0.562. The summed E-state index contributed by atoms with van der Waals surface area (Å²) in [7, 11) is 1.63. The number of hydrogen-bond acceptors (Lipinski definition) is 3. The topological polar surface area (TPSA) is 47.6 Å². The first-order valence-electron chi connectivity index (χ1n) is 7.34. The van der Waals surface area contributed by atoms with E-state index in [0.717, 1.165) is 24.2 Å². The van der Waals surface area contributed by atoms with Crippen LogP contribution < -0.4 is 10.1 Å². The van der Waals surface area contributed by atoms with Crippen molar-refractivity contribution in [3.05, 3.63) is 29.8 Å². The van der Waals surface area contributed by atoms with Gasteiger partial charge in [0.25, 0.3) is 0 Å². The summed E-state index contributed by atoms with van der Waals surface area (Å²) in [4.78, 5) is 11.8. The van der Waals surface area contributed by atoms with E-state index in [1.807, 2.05) is 24.3 Å². The second kappa shape index (κ2) is 7.78. The molecule has 1 aromatic rings. The smallest absolute Gasteiger partial charge is 0.407 e. The van der Waals surface area contributed by atoms with Gasteiger partial charge in [-0.05, 0) is 30.5 Å². The van der Waals surface area contributed by atoms with E-state index in [-0.39, 0.29) is 12.1 Å². The number of carbonyl (C=O) groups excluding carboxylic acids is 1. The number of nitrogens with one attached hydrogen (secondary N) is 1. The van der Waals surface area contributed by atoms with Gasteiger partial charge >= 0.3 is 6.09 Å². The minimum atomic E-state index is -0.312. The Kier molecular flexibility index (Phi) is 5.71. The van der Waals surface area contributed by atoms with Gasteiger partial charge in [0.05, 0.1) is 7.11 Å². The van der Waals surface area contributed by atoms with E-state index in [2.05, 4.69) is 5.32 Å². The van der Waals surface area contributed by atoms with Crippen LogP contribution in [0.3, 0.4) is 0 Å². The molecule has 0 unspecified atom stereocenters. The number of methoxy groups -OCH3 is 1.